The van der Waals surface area contributed by atoms with Gasteiger partial charge in [-0.15, -0.1) is 0 Å². The second-order valence-electron chi connectivity index (χ2n) is 5.22. The highest BCUT2D eigenvalue weighted by Gasteiger charge is 2.33. The summed E-state index contributed by atoms with van der Waals surface area (Å²) in [6.45, 7) is 1.50. The lowest BCUT2D eigenvalue weighted by molar-refractivity contribution is -0.130. The standard InChI is InChI=1S/C17H18N2O4/c1-11(20)19-14(15-5-4-8-23-15)10-13(18-19)12-6-7-16(21-2)17(9-12)22-3/h4-9,14H,10H2,1-3H3. The Balaban J connectivity index is 1.94. The summed E-state index contributed by atoms with van der Waals surface area (Å²) < 4.78 is 16.0. The summed E-state index contributed by atoms with van der Waals surface area (Å²) in [6.07, 6.45) is 2.19. The van der Waals surface area contributed by atoms with Crippen molar-refractivity contribution in [1.29, 1.82) is 0 Å². The molecule has 0 saturated carbocycles. The zero-order chi connectivity index (χ0) is 16.4. The average molecular weight is 314 g/mol. The van der Waals surface area contributed by atoms with Gasteiger partial charge in [0.2, 0.25) is 5.91 Å². The first kappa shape index (κ1) is 15.1. The van der Waals surface area contributed by atoms with Crippen LogP contribution in [0.1, 0.15) is 30.7 Å². The maximum Gasteiger partial charge on any atom is 0.240 e. The zero-order valence-electron chi connectivity index (χ0n) is 13.3. The van der Waals surface area contributed by atoms with Gasteiger partial charge in [0.25, 0.3) is 0 Å². The van der Waals surface area contributed by atoms with Crippen LogP contribution in [0.25, 0.3) is 0 Å². The van der Waals surface area contributed by atoms with Gasteiger partial charge in [-0.1, -0.05) is 0 Å². The maximum atomic E-state index is 11.9. The predicted octanol–water partition coefficient (Wildman–Crippen LogP) is 2.99. The summed E-state index contributed by atoms with van der Waals surface area (Å²) in [5.74, 6) is 1.88. The van der Waals surface area contributed by atoms with Gasteiger partial charge in [0.05, 0.1) is 26.2 Å². The van der Waals surface area contributed by atoms with Crippen LogP contribution in [0, 0.1) is 0 Å². The lowest BCUT2D eigenvalue weighted by Gasteiger charge is -2.17. The van der Waals surface area contributed by atoms with Crippen LogP contribution in [0.4, 0.5) is 0 Å². The van der Waals surface area contributed by atoms with E-state index in [9.17, 15) is 4.79 Å². The molecule has 0 saturated heterocycles. The molecular formula is C17H18N2O4. The molecule has 1 aromatic heterocycles. The maximum absolute atomic E-state index is 11.9. The van der Waals surface area contributed by atoms with Gasteiger partial charge in [0.15, 0.2) is 11.5 Å². The van der Waals surface area contributed by atoms with Crippen LogP contribution < -0.4 is 9.47 Å². The molecular weight excluding hydrogens is 296 g/mol. The monoisotopic (exact) mass is 314 g/mol. The molecule has 6 nitrogen and oxygen atoms in total. The Morgan fingerprint density at radius 1 is 1.26 bits per heavy atom. The Hall–Kier alpha value is -2.76. The van der Waals surface area contributed by atoms with Crippen molar-refractivity contribution in [3.63, 3.8) is 0 Å². The first-order valence-electron chi connectivity index (χ1n) is 7.27. The second kappa shape index (κ2) is 6.16. The SMILES string of the molecule is COc1ccc(C2=NN(C(C)=O)C(c3ccco3)C2)cc1OC. The highest BCUT2D eigenvalue weighted by atomic mass is 16.5. The van der Waals surface area contributed by atoms with Crippen LogP contribution >= 0.6 is 0 Å². The fourth-order valence-electron chi connectivity index (χ4n) is 2.69. The van der Waals surface area contributed by atoms with Gasteiger partial charge >= 0.3 is 0 Å². The number of nitrogens with zero attached hydrogens (tertiary/aromatic N) is 2. The van der Waals surface area contributed by atoms with Gasteiger partial charge < -0.3 is 13.9 Å². The lowest BCUT2D eigenvalue weighted by atomic mass is 10.0. The minimum atomic E-state index is -0.217. The number of ether oxygens (including phenoxy) is 2. The van der Waals surface area contributed by atoms with Crippen molar-refractivity contribution in [3.05, 3.63) is 47.9 Å². The highest BCUT2D eigenvalue weighted by molar-refractivity contribution is 6.03. The van der Waals surface area contributed by atoms with E-state index in [2.05, 4.69) is 5.10 Å². The number of hydrazone groups is 1. The molecule has 1 aliphatic heterocycles. The third kappa shape index (κ3) is 2.79. The molecule has 0 N–H and O–H groups in total. The molecule has 1 unspecified atom stereocenters. The lowest BCUT2D eigenvalue weighted by Crippen LogP contribution is -2.23. The van der Waals surface area contributed by atoms with Crippen LogP contribution in [0.15, 0.2) is 46.1 Å². The van der Waals surface area contributed by atoms with E-state index < -0.39 is 0 Å². The molecule has 0 radical (unpaired) electrons. The van der Waals surface area contributed by atoms with Crippen LogP contribution in [0.2, 0.25) is 0 Å². The third-order valence-electron chi connectivity index (χ3n) is 3.82. The molecule has 3 rings (SSSR count). The number of carbonyl (C=O) groups excluding carboxylic acids is 1. The van der Waals surface area contributed by atoms with E-state index in [1.54, 1.807) is 20.5 Å². The smallest absolute Gasteiger partial charge is 0.240 e. The number of methoxy groups -OCH3 is 2. The number of benzene rings is 1. The van der Waals surface area contributed by atoms with Crippen LogP contribution in [0.3, 0.4) is 0 Å². The Labute approximate surface area is 134 Å². The van der Waals surface area contributed by atoms with E-state index >= 15 is 0 Å². The van der Waals surface area contributed by atoms with E-state index in [-0.39, 0.29) is 11.9 Å². The molecule has 1 aromatic carbocycles. The fraction of sp³-hybridized carbons (Fsp3) is 0.294. The Kier molecular flexibility index (Phi) is 4.06. The van der Waals surface area contributed by atoms with Crippen LogP contribution in [0.5, 0.6) is 11.5 Å². The van der Waals surface area contributed by atoms with Crippen molar-refractivity contribution in [1.82, 2.24) is 5.01 Å². The van der Waals surface area contributed by atoms with Crippen molar-refractivity contribution in [2.45, 2.75) is 19.4 Å². The summed E-state index contributed by atoms with van der Waals surface area (Å²) in [5, 5.41) is 5.93. The van der Waals surface area contributed by atoms with Crippen molar-refractivity contribution in [2.24, 2.45) is 5.10 Å². The summed E-state index contributed by atoms with van der Waals surface area (Å²) in [4.78, 5) is 11.9. The van der Waals surface area contributed by atoms with Gasteiger partial charge in [0, 0.05) is 18.9 Å². The molecule has 0 fully saturated rings. The van der Waals surface area contributed by atoms with Gasteiger partial charge in [-0.05, 0) is 30.3 Å². The minimum Gasteiger partial charge on any atom is -0.493 e. The van der Waals surface area contributed by atoms with Crippen molar-refractivity contribution in [2.75, 3.05) is 14.2 Å². The van der Waals surface area contributed by atoms with Crippen LogP contribution in [-0.2, 0) is 4.79 Å². The van der Waals surface area contributed by atoms with Gasteiger partial charge in [0.1, 0.15) is 11.8 Å². The summed E-state index contributed by atoms with van der Waals surface area (Å²) >= 11 is 0. The predicted molar refractivity (Wildman–Crippen MR) is 84.7 cm³/mol. The van der Waals surface area contributed by atoms with Crippen LogP contribution in [-0.4, -0.2) is 30.8 Å². The molecule has 0 aliphatic carbocycles. The number of amides is 1. The number of rotatable bonds is 4. The Bertz CT molecular complexity index is 737. The number of furan rings is 1. The first-order chi connectivity index (χ1) is 11.1. The van der Waals surface area contributed by atoms with E-state index in [1.165, 1.54) is 11.9 Å². The third-order valence-corrected chi connectivity index (χ3v) is 3.82. The van der Waals surface area contributed by atoms with Crippen molar-refractivity contribution < 1.29 is 18.7 Å². The van der Waals surface area contributed by atoms with Gasteiger partial charge in [-0.25, -0.2) is 5.01 Å². The first-order valence-corrected chi connectivity index (χ1v) is 7.27. The van der Waals surface area contributed by atoms with Gasteiger partial charge in [-0.2, -0.15) is 5.10 Å². The van der Waals surface area contributed by atoms with Crippen molar-refractivity contribution >= 4 is 11.6 Å². The molecule has 2 aromatic rings. The molecule has 1 atom stereocenters. The van der Waals surface area contributed by atoms with E-state index in [4.69, 9.17) is 13.9 Å². The molecule has 1 amide bonds. The highest BCUT2D eigenvalue weighted by Crippen LogP contribution is 2.35. The molecule has 2 heterocycles. The molecule has 6 heteroatoms. The minimum absolute atomic E-state index is 0.123. The average Bonchev–Trinajstić information content (AvgIpc) is 3.22. The summed E-state index contributed by atoms with van der Waals surface area (Å²) in [5.41, 5.74) is 1.70. The quantitative estimate of drug-likeness (QED) is 0.870. The Morgan fingerprint density at radius 3 is 2.65 bits per heavy atom. The molecule has 1 aliphatic rings. The zero-order valence-corrected chi connectivity index (χ0v) is 13.3. The largest absolute Gasteiger partial charge is 0.493 e. The second-order valence-corrected chi connectivity index (χ2v) is 5.22. The molecule has 23 heavy (non-hydrogen) atoms. The molecule has 0 spiro atoms. The number of hydrogen-bond acceptors (Lipinski definition) is 5. The summed E-state index contributed by atoms with van der Waals surface area (Å²) in [7, 11) is 3.18. The van der Waals surface area contributed by atoms with E-state index in [0.717, 1.165) is 17.0 Å². The Morgan fingerprint density at radius 2 is 2.04 bits per heavy atom. The van der Waals surface area contributed by atoms with E-state index in [0.29, 0.717) is 17.9 Å². The fourth-order valence-corrected chi connectivity index (χ4v) is 2.69. The van der Waals surface area contributed by atoms with Gasteiger partial charge in [-0.3, -0.25) is 4.79 Å². The molecule has 0 bridgehead atoms. The number of carbonyl (C=O) groups is 1. The topological polar surface area (TPSA) is 64.3 Å². The summed E-state index contributed by atoms with van der Waals surface area (Å²) in [6, 6.07) is 9.04. The number of hydrogen-bond donors (Lipinski definition) is 0. The molecule has 120 valence electrons. The normalized spacial score (nSPS) is 17.1. The van der Waals surface area contributed by atoms with Crippen molar-refractivity contribution in [3.8, 4) is 11.5 Å². The van der Waals surface area contributed by atoms with E-state index in [1.807, 2.05) is 30.3 Å².